The molecule has 0 spiro atoms. The molecule has 1 aromatic rings. The van der Waals surface area contributed by atoms with Gasteiger partial charge in [0.15, 0.2) is 0 Å². The van der Waals surface area contributed by atoms with E-state index in [2.05, 4.69) is 38.9 Å². The Morgan fingerprint density at radius 3 is 2.89 bits per heavy atom. The lowest BCUT2D eigenvalue weighted by molar-refractivity contribution is -0.0567. The monoisotopic (exact) mass is 264 g/mol. The summed E-state index contributed by atoms with van der Waals surface area (Å²) in [4.78, 5) is 0. The quantitative estimate of drug-likeness (QED) is 0.902. The molecular weight excluding hydrogens is 236 g/mol. The molecule has 0 aliphatic heterocycles. The maximum Gasteiger partial charge on any atom is 0.0731 e. The summed E-state index contributed by atoms with van der Waals surface area (Å²) >= 11 is 0. The Morgan fingerprint density at radius 1 is 1.47 bits per heavy atom. The van der Waals surface area contributed by atoms with Crippen LogP contribution in [-0.2, 0) is 6.42 Å². The smallest absolute Gasteiger partial charge is 0.0731 e. The molecule has 0 radical (unpaired) electrons. The SMILES string of the molecule is CCC(C)n1ccc(CC2(O)CC(C)CCC2C)n1. The Hall–Kier alpha value is -0.830. The zero-order valence-corrected chi connectivity index (χ0v) is 12.8. The van der Waals surface area contributed by atoms with Gasteiger partial charge in [0.05, 0.1) is 11.3 Å². The van der Waals surface area contributed by atoms with Crippen molar-refractivity contribution in [3.63, 3.8) is 0 Å². The van der Waals surface area contributed by atoms with Gasteiger partial charge in [0.2, 0.25) is 0 Å². The molecule has 1 aromatic heterocycles. The van der Waals surface area contributed by atoms with Gasteiger partial charge in [-0.2, -0.15) is 5.10 Å². The highest BCUT2D eigenvalue weighted by atomic mass is 16.3. The third-order valence-electron chi connectivity index (χ3n) is 4.90. The molecule has 19 heavy (non-hydrogen) atoms. The highest BCUT2D eigenvalue weighted by molar-refractivity contribution is 5.07. The zero-order chi connectivity index (χ0) is 14.0. The molecule has 0 saturated heterocycles. The average molecular weight is 264 g/mol. The number of rotatable bonds is 4. The maximum atomic E-state index is 10.9. The van der Waals surface area contributed by atoms with Crippen LogP contribution in [0.15, 0.2) is 12.3 Å². The molecule has 1 saturated carbocycles. The maximum absolute atomic E-state index is 10.9. The van der Waals surface area contributed by atoms with Crippen LogP contribution >= 0.6 is 0 Å². The van der Waals surface area contributed by atoms with Gasteiger partial charge >= 0.3 is 0 Å². The van der Waals surface area contributed by atoms with Gasteiger partial charge in [0, 0.05) is 18.7 Å². The van der Waals surface area contributed by atoms with E-state index in [0.29, 0.717) is 24.3 Å². The molecule has 0 bridgehead atoms. The van der Waals surface area contributed by atoms with Crippen molar-refractivity contribution in [2.45, 2.75) is 71.4 Å². The molecule has 1 N–H and O–H groups in total. The molecule has 1 heterocycles. The van der Waals surface area contributed by atoms with E-state index in [1.165, 1.54) is 6.42 Å². The fourth-order valence-corrected chi connectivity index (χ4v) is 3.17. The van der Waals surface area contributed by atoms with Crippen molar-refractivity contribution in [1.82, 2.24) is 9.78 Å². The Labute approximate surface area is 117 Å². The Morgan fingerprint density at radius 2 is 2.21 bits per heavy atom. The molecule has 0 aromatic carbocycles. The Bertz CT molecular complexity index is 415. The minimum atomic E-state index is -0.563. The lowest BCUT2D eigenvalue weighted by atomic mass is 9.70. The predicted octanol–water partition coefficient (Wildman–Crippen LogP) is 3.58. The third-order valence-corrected chi connectivity index (χ3v) is 4.90. The van der Waals surface area contributed by atoms with Crippen molar-refractivity contribution in [2.75, 3.05) is 0 Å². The Kier molecular flexibility index (Phi) is 4.34. The van der Waals surface area contributed by atoms with E-state index in [1.54, 1.807) is 0 Å². The molecule has 1 fully saturated rings. The molecule has 4 atom stereocenters. The first kappa shape index (κ1) is 14.6. The average Bonchev–Trinajstić information content (AvgIpc) is 2.81. The van der Waals surface area contributed by atoms with Crippen LogP contribution in [0.25, 0.3) is 0 Å². The third kappa shape index (κ3) is 3.19. The van der Waals surface area contributed by atoms with Crippen molar-refractivity contribution >= 4 is 0 Å². The summed E-state index contributed by atoms with van der Waals surface area (Å²) in [6.45, 7) is 8.77. The number of aromatic nitrogens is 2. The van der Waals surface area contributed by atoms with E-state index in [9.17, 15) is 5.11 Å². The second-order valence-corrected chi connectivity index (χ2v) is 6.61. The second kappa shape index (κ2) is 5.66. The minimum Gasteiger partial charge on any atom is -0.389 e. The van der Waals surface area contributed by atoms with Crippen LogP contribution in [0.5, 0.6) is 0 Å². The molecular formula is C16H28N2O. The molecule has 1 aliphatic rings. The van der Waals surface area contributed by atoms with Gasteiger partial charge < -0.3 is 5.11 Å². The van der Waals surface area contributed by atoms with Crippen LogP contribution in [0, 0.1) is 11.8 Å². The van der Waals surface area contributed by atoms with Crippen LogP contribution < -0.4 is 0 Å². The van der Waals surface area contributed by atoms with Crippen LogP contribution in [0.4, 0.5) is 0 Å². The van der Waals surface area contributed by atoms with Crippen molar-refractivity contribution in [3.8, 4) is 0 Å². The van der Waals surface area contributed by atoms with Crippen LogP contribution in [0.2, 0.25) is 0 Å². The summed E-state index contributed by atoms with van der Waals surface area (Å²) in [5.74, 6) is 0.996. The van der Waals surface area contributed by atoms with E-state index in [-0.39, 0.29) is 0 Å². The van der Waals surface area contributed by atoms with Gasteiger partial charge in [0.1, 0.15) is 0 Å². The van der Waals surface area contributed by atoms with Crippen LogP contribution in [0.1, 0.15) is 65.1 Å². The highest BCUT2D eigenvalue weighted by Crippen LogP contribution is 2.38. The van der Waals surface area contributed by atoms with Gasteiger partial charge in [-0.15, -0.1) is 0 Å². The molecule has 3 heteroatoms. The summed E-state index contributed by atoms with van der Waals surface area (Å²) in [5.41, 5.74) is 0.468. The lowest BCUT2D eigenvalue weighted by Crippen LogP contribution is -2.43. The van der Waals surface area contributed by atoms with Gasteiger partial charge in [-0.1, -0.05) is 27.2 Å². The van der Waals surface area contributed by atoms with Gasteiger partial charge in [-0.3, -0.25) is 4.68 Å². The standard InChI is InChI=1S/C16H28N2O/c1-5-14(4)18-9-8-15(17-18)11-16(19)10-12(2)6-7-13(16)3/h8-9,12-14,19H,5-7,10-11H2,1-4H3. The minimum absolute atomic E-state index is 0.373. The number of aliphatic hydroxyl groups is 1. The predicted molar refractivity (Wildman–Crippen MR) is 78.1 cm³/mol. The van der Waals surface area contributed by atoms with Gasteiger partial charge in [-0.05, 0) is 44.1 Å². The number of hydrogen-bond acceptors (Lipinski definition) is 2. The summed E-state index contributed by atoms with van der Waals surface area (Å²) in [6.07, 6.45) is 7.10. The first-order valence-electron chi connectivity index (χ1n) is 7.71. The van der Waals surface area contributed by atoms with E-state index >= 15 is 0 Å². The molecule has 4 unspecified atom stereocenters. The summed E-state index contributed by atoms with van der Waals surface area (Å²) in [5, 5.41) is 15.6. The first-order chi connectivity index (χ1) is 8.94. The van der Waals surface area contributed by atoms with Crippen molar-refractivity contribution in [1.29, 1.82) is 0 Å². The number of hydrogen-bond donors (Lipinski definition) is 1. The fourth-order valence-electron chi connectivity index (χ4n) is 3.17. The van der Waals surface area contributed by atoms with E-state index in [1.807, 2.05) is 10.9 Å². The van der Waals surface area contributed by atoms with Gasteiger partial charge in [0.25, 0.3) is 0 Å². The van der Waals surface area contributed by atoms with E-state index in [0.717, 1.165) is 25.0 Å². The highest BCUT2D eigenvalue weighted by Gasteiger charge is 2.39. The fraction of sp³-hybridized carbons (Fsp3) is 0.812. The summed E-state index contributed by atoms with van der Waals surface area (Å²) in [6, 6.07) is 2.50. The van der Waals surface area contributed by atoms with Crippen LogP contribution in [-0.4, -0.2) is 20.5 Å². The van der Waals surface area contributed by atoms with Crippen LogP contribution in [0.3, 0.4) is 0 Å². The largest absolute Gasteiger partial charge is 0.389 e. The van der Waals surface area contributed by atoms with E-state index < -0.39 is 5.60 Å². The molecule has 3 nitrogen and oxygen atoms in total. The first-order valence-corrected chi connectivity index (χ1v) is 7.71. The Balaban J connectivity index is 2.08. The zero-order valence-electron chi connectivity index (χ0n) is 12.8. The molecule has 0 amide bonds. The number of nitrogens with zero attached hydrogens (tertiary/aromatic N) is 2. The molecule has 2 rings (SSSR count). The van der Waals surface area contributed by atoms with Crippen molar-refractivity contribution in [3.05, 3.63) is 18.0 Å². The summed E-state index contributed by atoms with van der Waals surface area (Å²) < 4.78 is 2.02. The normalized spacial score (nSPS) is 33.3. The lowest BCUT2D eigenvalue weighted by Gasteiger charge is -2.40. The van der Waals surface area contributed by atoms with Crippen molar-refractivity contribution in [2.24, 2.45) is 11.8 Å². The second-order valence-electron chi connectivity index (χ2n) is 6.61. The van der Waals surface area contributed by atoms with Crippen molar-refractivity contribution < 1.29 is 5.11 Å². The molecule has 1 aliphatic carbocycles. The van der Waals surface area contributed by atoms with E-state index in [4.69, 9.17) is 0 Å². The van der Waals surface area contributed by atoms with Gasteiger partial charge in [-0.25, -0.2) is 0 Å². The molecule has 108 valence electrons. The topological polar surface area (TPSA) is 38.0 Å². The summed E-state index contributed by atoms with van der Waals surface area (Å²) in [7, 11) is 0.